The van der Waals surface area contributed by atoms with Gasteiger partial charge in [-0.05, 0) is 64.2 Å². The van der Waals surface area contributed by atoms with Crippen LogP contribution in [0.4, 0.5) is 0 Å². The topological polar surface area (TPSA) is 108 Å². The van der Waals surface area contributed by atoms with Crippen LogP contribution in [0.3, 0.4) is 0 Å². The molecule has 2 N–H and O–H groups in total. The van der Waals surface area contributed by atoms with Gasteiger partial charge in [0.05, 0.1) is 39.9 Å². The van der Waals surface area contributed by atoms with Crippen molar-refractivity contribution in [2.45, 2.75) is 321 Å². The molecule has 0 rings (SSSR count). The van der Waals surface area contributed by atoms with E-state index in [0.29, 0.717) is 17.4 Å². The van der Waals surface area contributed by atoms with Crippen LogP contribution in [0, 0.1) is 0 Å². The largest absolute Gasteiger partial charge is 0.756 e. The number of phosphoric acid groups is 1. The van der Waals surface area contributed by atoms with Crippen LogP contribution in [-0.4, -0.2) is 68.5 Å². The number of hydrogen-bond acceptors (Lipinski definition) is 6. The van der Waals surface area contributed by atoms with E-state index in [-0.39, 0.29) is 12.5 Å². The first-order valence-electron chi connectivity index (χ1n) is 32.0. The Labute approximate surface area is 460 Å². The van der Waals surface area contributed by atoms with Gasteiger partial charge in [0.2, 0.25) is 5.91 Å². The highest BCUT2D eigenvalue weighted by molar-refractivity contribution is 7.45. The highest BCUT2D eigenvalue weighted by Gasteiger charge is 2.23. The number of aliphatic hydroxyl groups is 1. The quantitative estimate of drug-likeness (QED) is 0.0272. The monoisotopic (exact) mass is 1060 g/mol. The summed E-state index contributed by atoms with van der Waals surface area (Å²) in [6.45, 7) is 4.66. The maximum atomic E-state index is 13.0. The SMILES string of the molecule is CCCCCCC/C=C\C/C=C\CCCCCCCCCCCCCCCCCCCCCC(=O)NC(COP(=O)([O-])OCC[N+](C)(C)C)C(O)/C=C/CC/C=C/CCCCCCCCCCCCCCCCC. The molecule has 0 fully saturated rings. The van der Waals surface area contributed by atoms with Crippen LogP contribution in [0.2, 0.25) is 0 Å². The van der Waals surface area contributed by atoms with Crippen LogP contribution in [0.25, 0.3) is 0 Å². The maximum Gasteiger partial charge on any atom is 0.268 e. The van der Waals surface area contributed by atoms with Crippen molar-refractivity contribution in [1.82, 2.24) is 5.32 Å². The van der Waals surface area contributed by atoms with Crippen molar-refractivity contribution in [2.75, 3.05) is 40.9 Å². The van der Waals surface area contributed by atoms with Crippen molar-refractivity contribution < 1.29 is 32.9 Å². The molecule has 0 aliphatic rings. The van der Waals surface area contributed by atoms with Crippen LogP contribution < -0.4 is 10.2 Å². The molecule has 0 heterocycles. The number of carbonyl (C=O) groups excluding carboxylic acids is 1. The van der Waals surface area contributed by atoms with E-state index >= 15 is 0 Å². The van der Waals surface area contributed by atoms with Gasteiger partial charge in [0.15, 0.2) is 0 Å². The van der Waals surface area contributed by atoms with Crippen LogP contribution in [-0.2, 0) is 18.4 Å². The molecule has 74 heavy (non-hydrogen) atoms. The second-order valence-electron chi connectivity index (χ2n) is 23.1. The number of nitrogens with zero attached hydrogens (tertiary/aromatic N) is 1. The summed E-state index contributed by atoms with van der Waals surface area (Å²) in [6.07, 6.45) is 75.0. The summed E-state index contributed by atoms with van der Waals surface area (Å²) in [5.41, 5.74) is 0. The van der Waals surface area contributed by atoms with Gasteiger partial charge in [-0.1, -0.05) is 287 Å². The average Bonchev–Trinajstić information content (AvgIpc) is 3.36. The van der Waals surface area contributed by atoms with E-state index in [1.54, 1.807) is 6.08 Å². The number of quaternary nitrogens is 1. The summed E-state index contributed by atoms with van der Waals surface area (Å²) >= 11 is 0. The fourth-order valence-corrected chi connectivity index (χ4v) is 10.2. The first kappa shape index (κ1) is 72.5. The molecule has 1 amide bonds. The third-order valence-electron chi connectivity index (χ3n) is 14.5. The number of allylic oxidation sites excluding steroid dienone is 7. The van der Waals surface area contributed by atoms with E-state index in [1.165, 1.54) is 244 Å². The zero-order valence-electron chi connectivity index (χ0n) is 49.8. The molecule has 0 saturated carbocycles. The fraction of sp³-hybridized carbons (Fsp3) is 0.862. The Morgan fingerprint density at radius 2 is 0.797 bits per heavy atom. The van der Waals surface area contributed by atoms with Crippen molar-refractivity contribution >= 4 is 13.7 Å². The van der Waals surface area contributed by atoms with E-state index < -0.39 is 26.6 Å². The molecule has 0 aromatic rings. The number of unbranched alkanes of at least 4 members (excludes halogenated alkanes) is 40. The standard InChI is InChI=1S/C65H125N2O6P/c1-6-8-10-12-14-16-18-20-22-24-26-28-29-30-31-32-33-34-35-36-37-39-41-43-45-47-49-51-53-55-57-59-65(69)66-63(62-73-74(70,71)72-61-60-67(3,4)5)64(68)58-56-54-52-50-48-46-44-42-40-38-27-25-23-21-19-17-15-13-11-9-7-2/h18,20,24,26,48,50,56,58,63-64,68H,6-17,19,21-23,25,27-47,49,51-55,57,59-62H2,1-5H3,(H-,66,69,70,71)/b20-18-,26-24-,50-48+,58-56+. The van der Waals surface area contributed by atoms with Crippen molar-refractivity contribution in [1.29, 1.82) is 0 Å². The van der Waals surface area contributed by atoms with Gasteiger partial charge in [0.1, 0.15) is 13.2 Å². The molecule has 0 aliphatic heterocycles. The van der Waals surface area contributed by atoms with Crippen molar-refractivity contribution in [3.05, 3.63) is 48.6 Å². The molecule has 0 saturated heterocycles. The first-order chi connectivity index (χ1) is 36.0. The van der Waals surface area contributed by atoms with Gasteiger partial charge in [0.25, 0.3) is 7.82 Å². The number of aliphatic hydroxyl groups excluding tert-OH is 1. The maximum absolute atomic E-state index is 13.0. The van der Waals surface area contributed by atoms with E-state index in [2.05, 4.69) is 55.6 Å². The van der Waals surface area contributed by atoms with Gasteiger partial charge in [-0.15, -0.1) is 0 Å². The third kappa shape index (κ3) is 58.1. The van der Waals surface area contributed by atoms with Gasteiger partial charge < -0.3 is 28.8 Å². The minimum atomic E-state index is -4.61. The number of phosphoric ester groups is 1. The molecule has 8 nitrogen and oxygen atoms in total. The average molecular weight is 1060 g/mol. The predicted octanol–water partition coefficient (Wildman–Crippen LogP) is 19.2. The molecule has 0 aromatic heterocycles. The molecule has 0 radical (unpaired) electrons. The highest BCUT2D eigenvalue weighted by Crippen LogP contribution is 2.38. The zero-order valence-corrected chi connectivity index (χ0v) is 50.7. The van der Waals surface area contributed by atoms with Crippen molar-refractivity contribution in [3.63, 3.8) is 0 Å². The van der Waals surface area contributed by atoms with E-state index in [0.717, 1.165) is 44.9 Å². The van der Waals surface area contributed by atoms with Gasteiger partial charge in [-0.2, -0.15) is 0 Å². The second kappa shape index (κ2) is 56.2. The first-order valence-corrected chi connectivity index (χ1v) is 33.5. The van der Waals surface area contributed by atoms with Gasteiger partial charge in [-0.25, -0.2) is 0 Å². The lowest BCUT2D eigenvalue weighted by molar-refractivity contribution is -0.870. The molecule has 9 heteroatoms. The van der Waals surface area contributed by atoms with Crippen LogP contribution in [0.1, 0.15) is 309 Å². The molecular formula is C65H125N2O6P. The summed E-state index contributed by atoms with van der Waals surface area (Å²) < 4.78 is 23.4. The molecule has 0 aromatic carbocycles. The Bertz CT molecular complexity index is 1340. The lowest BCUT2D eigenvalue weighted by Gasteiger charge is -2.29. The molecule has 3 unspecified atom stereocenters. The number of hydrogen-bond donors (Lipinski definition) is 2. The summed E-state index contributed by atoms with van der Waals surface area (Å²) in [5, 5.41) is 13.9. The Hall–Kier alpha value is -1.54. The van der Waals surface area contributed by atoms with Gasteiger partial charge >= 0.3 is 0 Å². The molecule has 0 aliphatic carbocycles. The van der Waals surface area contributed by atoms with Crippen LogP contribution in [0.5, 0.6) is 0 Å². The number of likely N-dealkylation sites (N-methyl/N-ethyl adjacent to an activating group) is 1. The number of nitrogens with one attached hydrogen (secondary N) is 1. The van der Waals surface area contributed by atoms with Crippen molar-refractivity contribution in [3.8, 4) is 0 Å². The number of amides is 1. The lowest BCUT2D eigenvalue weighted by Crippen LogP contribution is -2.45. The van der Waals surface area contributed by atoms with E-state index in [4.69, 9.17) is 9.05 Å². The highest BCUT2D eigenvalue weighted by atomic mass is 31.2. The molecule has 0 bridgehead atoms. The third-order valence-corrected chi connectivity index (χ3v) is 15.5. The summed E-state index contributed by atoms with van der Waals surface area (Å²) in [5.74, 6) is -0.202. The van der Waals surface area contributed by atoms with Gasteiger partial charge in [-0.3, -0.25) is 9.36 Å². The summed E-state index contributed by atoms with van der Waals surface area (Å²) in [6, 6.07) is -0.904. The van der Waals surface area contributed by atoms with Crippen LogP contribution in [0.15, 0.2) is 48.6 Å². The summed E-state index contributed by atoms with van der Waals surface area (Å²) in [7, 11) is 1.25. The minimum Gasteiger partial charge on any atom is -0.756 e. The van der Waals surface area contributed by atoms with E-state index in [9.17, 15) is 19.4 Å². The molecular weight excluding hydrogens is 936 g/mol. The smallest absolute Gasteiger partial charge is 0.268 e. The number of rotatable bonds is 59. The Morgan fingerprint density at radius 1 is 0.473 bits per heavy atom. The lowest BCUT2D eigenvalue weighted by atomic mass is 10.0. The fourth-order valence-electron chi connectivity index (χ4n) is 9.50. The molecule has 436 valence electrons. The van der Waals surface area contributed by atoms with Gasteiger partial charge in [0, 0.05) is 6.42 Å². The summed E-state index contributed by atoms with van der Waals surface area (Å²) in [4.78, 5) is 25.6. The zero-order chi connectivity index (χ0) is 54.2. The second-order valence-corrected chi connectivity index (χ2v) is 24.5. The minimum absolute atomic E-state index is 0.00552. The number of carbonyl (C=O) groups is 1. The molecule has 3 atom stereocenters. The normalized spacial score (nSPS) is 14.1. The van der Waals surface area contributed by atoms with Crippen molar-refractivity contribution in [2.24, 2.45) is 0 Å². The molecule has 0 spiro atoms. The van der Waals surface area contributed by atoms with Crippen LogP contribution >= 0.6 is 7.82 Å². The Morgan fingerprint density at radius 3 is 1.18 bits per heavy atom. The Kier molecular flexibility index (Phi) is 55.0. The Balaban J connectivity index is 4.11. The predicted molar refractivity (Wildman–Crippen MR) is 321 cm³/mol. The van der Waals surface area contributed by atoms with E-state index in [1.807, 2.05) is 27.2 Å².